The SMILES string of the molecule is COc1ccc(NCC(=O)NCC(F)(F)F)cc1C. The van der Waals surface area contributed by atoms with Crippen molar-refractivity contribution in [3.63, 3.8) is 0 Å². The molecular weight excluding hydrogens is 261 g/mol. The van der Waals surface area contributed by atoms with Crippen LogP contribution in [0.15, 0.2) is 18.2 Å². The maximum absolute atomic E-state index is 11.9. The number of halogens is 3. The van der Waals surface area contributed by atoms with Crippen molar-refractivity contribution >= 4 is 11.6 Å². The molecular formula is C12H15F3N2O2. The van der Waals surface area contributed by atoms with Crippen LogP contribution < -0.4 is 15.4 Å². The van der Waals surface area contributed by atoms with Gasteiger partial charge < -0.3 is 15.4 Å². The van der Waals surface area contributed by atoms with Crippen molar-refractivity contribution in [1.29, 1.82) is 0 Å². The Labute approximate surface area is 108 Å². The monoisotopic (exact) mass is 276 g/mol. The molecule has 7 heteroatoms. The van der Waals surface area contributed by atoms with Crippen LogP contribution in [0.3, 0.4) is 0 Å². The number of aryl methyl sites for hydroxylation is 1. The Morgan fingerprint density at radius 2 is 2.05 bits per heavy atom. The van der Waals surface area contributed by atoms with Crippen LogP contribution in [-0.2, 0) is 4.79 Å². The molecule has 0 fully saturated rings. The van der Waals surface area contributed by atoms with Gasteiger partial charge in [-0.05, 0) is 30.7 Å². The zero-order chi connectivity index (χ0) is 14.5. The second-order valence-electron chi connectivity index (χ2n) is 3.93. The van der Waals surface area contributed by atoms with Crippen LogP contribution in [0.4, 0.5) is 18.9 Å². The van der Waals surface area contributed by atoms with E-state index in [0.29, 0.717) is 11.4 Å². The first kappa shape index (κ1) is 15.1. The van der Waals surface area contributed by atoms with Gasteiger partial charge in [0.15, 0.2) is 0 Å². The molecule has 1 amide bonds. The van der Waals surface area contributed by atoms with Crippen molar-refractivity contribution in [3.05, 3.63) is 23.8 Å². The summed E-state index contributed by atoms with van der Waals surface area (Å²) in [7, 11) is 1.54. The first-order chi connectivity index (χ1) is 8.81. The van der Waals surface area contributed by atoms with Gasteiger partial charge in [-0.1, -0.05) is 0 Å². The molecule has 4 nitrogen and oxygen atoms in total. The van der Waals surface area contributed by atoms with Crippen LogP contribution in [0.5, 0.6) is 5.75 Å². The minimum atomic E-state index is -4.40. The summed E-state index contributed by atoms with van der Waals surface area (Å²) in [6, 6.07) is 5.14. The molecule has 0 aliphatic carbocycles. The van der Waals surface area contributed by atoms with Gasteiger partial charge in [-0.3, -0.25) is 4.79 Å². The van der Waals surface area contributed by atoms with Crippen molar-refractivity contribution in [2.45, 2.75) is 13.1 Å². The Morgan fingerprint density at radius 3 is 2.58 bits per heavy atom. The van der Waals surface area contributed by atoms with Gasteiger partial charge in [0.05, 0.1) is 13.7 Å². The number of hydrogen-bond donors (Lipinski definition) is 2. The third-order valence-corrected chi connectivity index (χ3v) is 2.33. The molecule has 0 saturated heterocycles. The summed E-state index contributed by atoms with van der Waals surface area (Å²) in [4.78, 5) is 11.2. The molecule has 0 spiro atoms. The van der Waals surface area contributed by atoms with Gasteiger partial charge in [-0.15, -0.1) is 0 Å². The van der Waals surface area contributed by atoms with E-state index >= 15 is 0 Å². The summed E-state index contributed by atoms with van der Waals surface area (Å²) in [5.41, 5.74) is 1.50. The van der Waals surface area contributed by atoms with Crippen LogP contribution in [0.2, 0.25) is 0 Å². The molecule has 106 valence electrons. The average molecular weight is 276 g/mol. The highest BCUT2D eigenvalue weighted by molar-refractivity contribution is 5.80. The molecule has 0 unspecified atom stereocenters. The molecule has 0 radical (unpaired) electrons. The fourth-order valence-corrected chi connectivity index (χ4v) is 1.43. The molecule has 1 rings (SSSR count). The number of amides is 1. The molecule has 1 aromatic carbocycles. The Hall–Kier alpha value is -1.92. The van der Waals surface area contributed by atoms with E-state index in [1.165, 1.54) is 0 Å². The van der Waals surface area contributed by atoms with E-state index in [-0.39, 0.29) is 6.54 Å². The molecule has 0 atom stereocenters. The second kappa shape index (κ2) is 6.31. The smallest absolute Gasteiger partial charge is 0.405 e. The van der Waals surface area contributed by atoms with E-state index in [1.807, 2.05) is 6.92 Å². The number of carbonyl (C=O) groups is 1. The lowest BCUT2D eigenvalue weighted by molar-refractivity contribution is -0.137. The number of methoxy groups -OCH3 is 1. The lowest BCUT2D eigenvalue weighted by Crippen LogP contribution is -2.37. The number of carbonyl (C=O) groups excluding carboxylic acids is 1. The summed E-state index contributed by atoms with van der Waals surface area (Å²) in [5, 5.41) is 4.52. The van der Waals surface area contributed by atoms with E-state index in [9.17, 15) is 18.0 Å². The topological polar surface area (TPSA) is 50.4 Å². The number of ether oxygens (including phenoxy) is 1. The number of anilines is 1. The van der Waals surface area contributed by atoms with E-state index in [4.69, 9.17) is 4.74 Å². The molecule has 0 bridgehead atoms. The van der Waals surface area contributed by atoms with Crippen molar-refractivity contribution in [1.82, 2.24) is 5.32 Å². The van der Waals surface area contributed by atoms with Crippen molar-refractivity contribution in [2.75, 3.05) is 25.5 Å². The van der Waals surface area contributed by atoms with Gasteiger partial charge in [0.2, 0.25) is 5.91 Å². The van der Waals surface area contributed by atoms with Crippen LogP contribution in [0.1, 0.15) is 5.56 Å². The lowest BCUT2D eigenvalue weighted by Gasteiger charge is -2.11. The molecule has 2 N–H and O–H groups in total. The predicted octanol–water partition coefficient (Wildman–Crippen LogP) is 2.09. The van der Waals surface area contributed by atoms with Gasteiger partial charge in [0, 0.05) is 5.69 Å². The first-order valence-corrected chi connectivity index (χ1v) is 5.54. The molecule has 0 aliphatic rings. The Kier molecular flexibility index (Phi) is 5.02. The molecule has 19 heavy (non-hydrogen) atoms. The maximum atomic E-state index is 11.9. The summed E-state index contributed by atoms with van der Waals surface area (Å²) < 4.78 is 40.7. The largest absolute Gasteiger partial charge is 0.496 e. The molecule has 0 aromatic heterocycles. The molecule has 0 aliphatic heterocycles. The zero-order valence-electron chi connectivity index (χ0n) is 10.6. The van der Waals surface area contributed by atoms with Gasteiger partial charge in [-0.2, -0.15) is 13.2 Å². The Balaban J connectivity index is 2.44. The summed E-state index contributed by atoms with van der Waals surface area (Å²) in [6.45, 7) is 0.282. The Morgan fingerprint density at radius 1 is 1.37 bits per heavy atom. The fourth-order valence-electron chi connectivity index (χ4n) is 1.43. The maximum Gasteiger partial charge on any atom is 0.405 e. The predicted molar refractivity (Wildman–Crippen MR) is 65.3 cm³/mol. The van der Waals surface area contributed by atoms with Crippen molar-refractivity contribution in [2.24, 2.45) is 0 Å². The van der Waals surface area contributed by atoms with Crippen LogP contribution in [0.25, 0.3) is 0 Å². The van der Waals surface area contributed by atoms with Crippen molar-refractivity contribution < 1.29 is 22.7 Å². The molecule has 1 aromatic rings. The first-order valence-electron chi connectivity index (χ1n) is 5.54. The number of alkyl halides is 3. The third kappa shape index (κ3) is 5.50. The summed E-state index contributed by atoms with van der Waals surface area (Å²) in [5.74, 6) is -0.0159. The van der Waals surface area contributed by atoms with Crippen molar-refractivity contribution in [3.8, 4) is 5.75 Å². The lowest BCUT2D eigenvalue weighted by atomic mass is 10.2. The van der Waals surface area contributed by atoms with E-state index in [1.54, 1.807) is 30.6 Å². The van der Waals surface area contributed by atoms with Crippen LogP contribution >= 0.6 is 0 Å². The van der Waals surface area contributed by atoms with Gasteiger partial charge in [-0.25, -0.2) is 0 Å². The van der Waals surface area contributed by atoms with E-state index in [2.05, 4.69) is 5.32 Å². The van der Waals surface area contributed by atoms with E-state index < -0.39 is 18.6 Å². The Bertz CT molecular complexity index is 447. The number of nitrogens with one attached hydrogen (secondary N) is 2. The van der Waals surface area contributed by atoms with E-state index in [0.717, 1.165) is 5.56 Å². The average Bonchev–Trinajstić information content (AvgIpc) is 2.33. The highest BCUT2D eigenvalue weighted by Gasteiger charge is 2.27. The summed E-state index contributed by atoms with van der Waals surface area (Å²) in [6.07, 6.45) is -4.40. The minimum Gasteiger partial charge on any atom is -0.496 e. The third-order valence-electron chi connectivity index (χ3n) is 2.33. The quantitative estimate of drug-likeness (QED) is 0.866. The van der Waals surface area contributed by atoms with Gasteiger partial charge in [0.1, 0.15) is 12.3 Å². The minimum absolute atomic E-state index is 0.220. The number of rotatable bonds is 5. The highest BCUT2D eigenvalue weighted by Crippen LogP contribution is 2.21. The zero-order valence-corrected chi connectivity index (χ0v) is 10.6. The van der Waals surface area contributed by atoms with Gasteiger partial charge >= 0.3 is 6.18 Å². The summed E-state index contributed by atoms with van der Waals surface area (Å²) >= 11 is 0. The second-order valence-corrected chi connectivity index (χ2v) is 3.93. The highest BCUT2D eigenvalue weighted by atomic mass is 19.4. The molecule has 0 saturated carbocycles. The standard InChI is InChI=1S/C12H15F3N2O2/c1-8-5-9(3-4-10(8)19-2)16-6-11(18)17-7-12(13,14)15/h3-5,16H,6-7H2,1-2H3,(H,17,18). The molecule has 0 heterocycles. The normalized spacial score (nSPS) is 11.0. The van der Waals surface area contributed by atoms with Crippen LogP contribution in [-0.4, -0.2) is 32.3 Å². The van der Waals surface area contributed by atoms with Gasteiger partial charge in [0.25, 0.3) is 0 Å². The number of hydrogen-bond acceptors (Lipinski definition) is 3. The number of benzene rings is 1. The van der Waals surface area contributed by atoms with Crippen LogP contribution in [0, 0.1) is 6.92 Å². The fraction of sp³-hybridized carbons (Fsp3) is 0.417.